The Kier molecular flexibility index (Phi) is 5.71. The Bertz CT molecular complexity index is 988. The van der Waals surface area contributed by atoms with Crippen molar-refractivity contribution >= 4 is 5.78 Å². The minimum absolute atomic E-state index is 0.0451. The first-order chi connectivity index (χ1) is 14.1. The van der Waals surface area contributed by atoms with Gasteiger partial charge in [0.15, 0.2) is 5.78 Å². The zero-order valence-electron chi connectivity index (χ0n) is 16.4. The molecule has 0 spiro atoms. The molecule has 150 valence electrons. The molecular formula is C23H24FN3O2. The largest absolute Gasteiger partial charge is 0.496 e. The summed E-state index contributed by atoms with van der Waals surface area (Å²) in [5, 5.41) is 4.28. The number of ether oxygens (including phenoxy) is 1. The Balaban J connectivity index is 1.47. The number of nitrogens with zero attached hydrogens (tertiary/aromatic N) is 3. The van der Waals surface area contributed by atoms with Gasteiger partial charge in [-0.2, -0.15) is 5.10 Å². The van der Waals surface area contributed by atoms with E-state index in [0.29, 0.717) is 17.9 Å². The van der Waals surface area contributed by atoms with E-state index in [0.717, 1.165) is 31.6 Å². The monoisotopic (exact) mass is 393 g/mol. The minimum Gasteiger partial charge on any atom is -0.496 e. The molecule has 1 atom stereocenters. The van der Waals surface area contributed by atoms with E-state index in [1.165, 1.54) is 30.9 Å². The first-order valence-electron chi connectivity index (χ1n) is 9.83. The highest BCUT2D eigenvalue weighted by molar-refractivity contribution is 6.00. The second-order valence-electron chi connectivity index (χ2n) is 7.40. The standard InChI is InChI=1S/C23H24FN3O2/c1-29-22-9-8-19(24)14-21(22)23(28)18-6-3-11-26(16-18)15-17-5-2-7-20(13-17)27-12-4-10-25-27/h2,4-5,7-10,12-14,18H,3,6,11,15-16H2,1H3/t18-/m1/s1. The van der Waals surface area contributed by atoms with Gasteiger partial charge in [0.05, 0.1) is 18.4 Å². The van der Waals surface area contributed by atoms with E-state index < -0.39 is 5.82 Å². The molecule has 0 N–H and O–H groups in total. The third kappa shape index (κ3) is 4.38. The van der Waals surface area contributed by atoms with Crippen LogP contribution in [0.25, 0.3) is 5.69 Å². The van der Waals surface area contributed by atoms with Crippen LogP contribution in [0.3, 0.4) is 0 Å². The number of methoxy groups -OCH3 is 1. The maximum atomic E-state index is 13.7. The van der Waals surface area contributed by atoms with E-state index in [1.807, 2.05) is 29.1 Å². The van der Waals surface area contributed by atoms with Crippen molar-refractivity contribution in [3.05, 3.63) is 77.9 Å². The van der Waals surface area contributed by atoms with Gasteiger partial charge in [0, 0.05) is 31.4 Å². The Hall–Kier alpha value is -2.99. The number of rotatable bonds is 6. The highest BCUT2D eigenvalue weighted by Crippen LogP contribution is 2.27. The van der Waals surface area contributed by atoms with Crippen molar-refractivity contribution < 1.29 is 13.9 Å². The summed E-state index contributed by atoms with van der Waals surface area (Å²) in [6.45, 7) is 2.36. The van der Waals surface area contributed by atoms with Gasteiger partial charge < -0.3 is 4.74 Å². The van der Waals surface area contributed by atoms with E-state index in [4.69, 9.17) is 4.74 Å². The lowest BCUT2D eigenvalue weighted by molar-refractivity contribution is 0.0808. The van der Waals surface area contributed by atoms with E-state index in [9.17, 15) is 9.18 Å². The summed E-state index contributed by atoms with van der Waals surface area (Å²) in [4.78, 5) is 15.3. The Morgan fingerprint density at radius 1 is 1.24 bits per heavy atom. The molecule has 29 heavy (non-hydrogen) atoms. The van der Waals surface area contributed by atoms with E-state index in [-0.39, 0.29) is 11.7 Å². The molecule has 0 amide bonds. The maximum Gasteiger partial charge on any atom is 0.171 e. The van der Waals surface area contributed by atoms with E-state index in [1.54, 1.807) is 6.20 Å². The van der Waals surface area contributed by atoms with Crippen LogP contribution in [-0.4, -0.2) is 40.7 Å². The molecule has 3 aromatic rings. The number of aromatic nitrogens is 2. The summed E-state index contributed by atoms with van der Waals surface area (Å²) in [5.74, 6) is -0.192. The number of ketones is 1. The van der Waals surface area contributed by atoms with E-state index in [2.05, 4.69) is 22.1 Å². The molecular weight excluding hydrogens is 369 g/mol. The van der Waals surface area contributed by atoms with Crippen LogP contribution in [0.4, 0.5) is 4.39 Å². The van der Waals surface area contributed by atoms with Crippen LogP contribution in [0, 0.1) is 11.7 Å². The maximum absolute atomic E-state index is 13.7. The number of carbonyl (C=O) groups excluding carboxylic acids is 1. The normalized spacial score (nSPS) is 17.2. The van der Waals surface area contributed by atoms with Crippen molar-refractivity contribution in [1.82, 2.24) is 14.7 Å². The molecule has 1 aliphatic heterocycles. The van der Waals surface area contributed by atoms with Crippen molar-refractivity contribution in [2.75, 3.05) is 20.2 Å². The predicted octanol–water partition coefficient (Wildman–Crippen LogP) is 4.11. The molecule has 0 radical (unpaired) electrons. The van der Waals surface area contributed by atoms with Gasteiger partial charge in [-0.05, 0) is 61.3 Å². The molecule has 6 heteroatoms. The zero-order chi connectivity index (χ0) is 20.2. The second-order valence-corrected chi connectivity index (χ2v) is 7.40. The zero-order valence-corrected chi connectivity index (χ0v) is 16.4. The number of carbonyl (C=O) groups is 1. The molecule has 0 bridgehead atoms. The lowest BCUT2D eigenvalue weighted by Crippen LogP contribution is -2.38. The lowest BCUT2D eigenvalue weighted by Gasteiger charge is -2.32. The molecule has 2 heterocycles. The number of hydrogen-bond acceptors (Lipinski definition) is 4. The van der Waals surface area contributed by atoms with Crippen molar-refractivity contribution in [1.29, 1.82) is 0 Å². The molecule has 0 aliphatic carbocycles. The average molecular weight is 393 g/mol. The van der Waals surface area contributed by atoms with Crippen LogP contribution in [0.15, 0.2) is 60.9 Å². The molecule has 1 aromatic heterocycles. The summed E-state index contributed by atoms with van der Waals surface area (Å²) in [5.41, 5.74) is 2.52. The highest BCUT2D eigenvalue weighted by Gasteiger charge is 2.28. The van der Waals surface area contributed by atoms with Crippen molar-refractivity contribution in [2.45, 2.75) is 19.4 Å². The smallest absolute Gasteiger partial charge is 0.171 e. The van der Waals surface area contributed by atoms with Crippen molar-refractivity contribution in [3.8, 4) is 11.4 Å². The van der Waals surface area contributed by atoms with Crippen LogP contribution in [0.5, 0.6) is 5.75 Å². The first-order valence-corrected chi connectivity index (χ1v) is 9.83. The Morgan fingerprint density at radius 2 is 2.14 bits per heavy atom. The van der Waals surface area contributed by atoms with Gasteiger partial charge in [0.25, 0.3) is 0 Å². The number of likely N-dealkylation sites (tertiary alicyclic amines) is 1. The van der Waals surface area contributed by atoms with Gasteiger partial charge in [-0.25, -0.2) is 9.07 Å². The number of piperidine rings is 1. The quantitative estimate of drug-likeness (QED) is 0.591. The fraction of sp³-hybridized carbons (Fsp3) is 0.304. The summed E-state index contributed by atoms with van der Waals surface area (Å²) < 4.78 is 20.8. The topological polar surface area (TPSA) is 47.4 Å². The third-order valence-corrected chi connectivity index (χ3v) is 5.39. The SMILES string of the molecule is COc1ccc(F)cc1C(=O)[C@@H]1CCCN(Cc2cccc(-n3cccn3)c2)C1. The number of benzene rings is 2. The summed E-state index contributed by atoms with van der Waals surface area (Å²) >= 11 is 0. The van der Waals surface area contributed by atoms with Crippen LogP contribution in [0.1, 0.15) is 28.8 Å². The van der Waals surface area contributed by atoms with Crippen LogP contribution >= 0.6 is 0 Å². The molecule has 4 rings (SSSR count). The van der Waals surface area contributed by atoms with Crippen molar-refractivity contribution in [3.63, 3.8) is 0 Å². The summed E-state index contributed by atoms with van der Waals surface area (Å²) in [7, 11) is 1.50. The van der Waals surface area contributed by atoms with Gasteiger partial charge >= 0.3 is 0 Å². The summed E-state index contributed by atoms with van der Waals surface area (Å²) in [6.07, 6.45) is 5.42. The highest BCUT2D eigenvalue weighted by atomic mass is 19.1. The van der Waals surface area contributed by atoms with Crippen LogP contribution in [0.2, 0.25) is 0 Å². The number of Topliss-reactive ketones (excluding diaryl/α,β-unsaturated/α-hetero) is 1. The molecule has 1 saturated heterocycles. The molecule has 0 unspecified atom stereocenters. The van der Waals surface area contributed by atoms with Gasteiger partial charge in [0.2, 0.25) is 0 Å². The molecule has 2 aromatic carbocycles. The third-order valence-electron chi connectivity index (χ3n) is 5.39. The average Bonchev–Trinajstić information content (AvgIpc) is 3.29. The second kappa shape index (κ2) is 8.57. The van der Waals surface area contributed by atoms with Gasteiger partial charge in [-0.1, -0.05) is 12.1 Å². The Labute approximate surface area is 169 Å². The van der Waals surface area contributed by atoms with Gasteiger partial charge in [-0.3, -0.25) is 9.69 Å². The predicted molar refractivity (Wildman–Crippen MR) is 109 cm³/mol. The Morgan fingerprint density at radius 3 is 2.93 bits per heavy atom. The van der Waals surface area contributed by atoms with Crippen molar-refractivity contribution in [2.24, 2.45) is 5.92 Å². The summed E-state index contributed by atoms with van der Waals surface area (Å²) in [6, 6.07) is 14.3. The first kappa shape index (κ1) is 19.3. The number of hydrogen-bond donors (Lipinski definition) is 0. The number of halogens is 1. The fourth-order valence-corrected chi connectivity index (χ4v) is 3.98. The molecule has 5 nitrogen and oxygen atoms in total. The van der Waals surface area contributed by atoms with Crippen LogP contribution in [-0.2, 0) is 6.54 Å². The van der Waals surface area contributed by atoms with Crippen LogP contribution < -0.4 is 4.74 Å². The molecule has 1 aliphatic rings. The van der Waals surface area contributed by atoms with Gasteiger partial charge in [-0.15, -0.1) is 0 Å². The van der Waals surface area contributed by atoms with Gasteiger partial charge in [0.1, 0.15) is 11.6 Å². The molecule has 0 saturated carbocycles. The molecule has 1 fully saturated rings. The fourth-order valence-electron chi connectivity index (χ4n) is 3.98. The minimum atomic E-state index is -0.419. The van der Waals surface area contributed by atoms with E-state index >= 15 is 0 Å². The lowest BCUT2D eigenvalue weighted by atomic mass is 9.89.